The molecule has 0 radical (unpaired) electrons. The molecule has 112 valence electrons. The van der Waals surface area contributed by atoms with Gasteiger partial charge in [-0.25, -0.2) is 0 Å². The van der Waals surface area contributed by atoms with Gasteiger partial charge < -0.3 is 5.32 Å². The van der Waals surface area contributed by atoms with E-state index in [1.54, 1.807) is 0 Å². The van der Waals surface area contributed by atoms with Crippen LogP contribution in [0.1, 0.15) is 42.1 Å². The molecule has 0 aliphatic carbocycles. The summed E-state index contributed by atoms with van der Waals surface area (Å²) in [6.07, 6.45) is 0. The number of aryl methyl sites for hydroxylation is 2. The van der Waals surface area contributed by atoms with Gasteiger partial charge in [-0.1, -0.05) is 49.7 Å². The van der Waals surface area contributed by atoms with Crippen molar-refractivity contribution in [2.75, 3.05) is 12.3 Å². The van der Waals surface area contributed by atoms with Crippen LogP contribution in [-0.4, -0.2) is 12.3 Å². The smallest absolute Gasteiger partial charge is 0.0579 e. The van der Waals surface area contributed by atoms with Crippen LogP contribution >= 0.6 is 11.8 Å². The van der Waals surface area contributed by atoms with Crippen molar-refractivity contribution in [2.24, 2.45) is 0 Å². The molecule has 0 heterocycles. The summed E-state index contributed by atoms with van der Waals surface area (Å²) in [6.45, 7) is 9.67. The van der Waals surface area contributed by atoms with E-state index in [2.05, 4.69) is 75.5 Å². The lowest BCUT2D eigenvalue weighted by atomic mass is 9.93. The molecule has 1 N–H and O–H groups in total. The first kappa shape index (κ1) is 16.1. The highest BCUT2D eigenvalue weighted by atomic mass is 32.2. The predicted octanol–water partition coefficient (Wildman–Crippen LogP) is 5.11. The molecule has 2 aromatic carbocycles. The number of rotatable bonds is 6. The van der Waals surface area contributed by atoms with Crippen molar-refractivity contribution in [3.8, 4) is 0 Å². The Morgan fingerprint density at radius 3 is 2.33 bits per heavy atom. The predicted molar refractivity (Wildman–Crippen MR) is 94.3 cm³/mol. The lowest BCUT2D eigenvalue weighted by molar-refractivity contribution is 0.627. The summed E-state index contributed by atoms with van der Waals surface area (Å²) < 4.78 is 0. The Hall–Kier alpha value is -1.25. The average molecular weight is 299 g/mol. The molecule has 2 rings (SSSR count). The van der Waals surface area contributed by atoms with Gasteiger partial charge in [0.1, 0.15) is 0 Å². The fraction of sp³-hybridized carbons (Fsp3) is 0.368. The number of benzene rings is 2. The van der Waals surface area contributed by atoms with Crippen molar-refractivity contribution in [3.63, 3.8) is 0 Å². The summed E-state index contributed by atoms with van der Waals surface area (Å²) in [7, 11) is 0. The van der Waals surface area contributed by atoms with Gasteiger partial charge in [0.25, 0.3) is 0 Å². The maximum Gasteiger partial charge on any atom is 0.0579 e. The Morgan fingerprint density at radius 1 is 1.00 bits per heavy atom. The van der Waals surface area contributed by atoms with E-state index in [1.807, 2.05) is 11.8 Å². The lowest BCUT2D eigenvalue weighted by Gasteiger charge is -2.22. The third-order valence-corrected chi connectivity index (χ3v) is 4.57. The van der Waals surface area contributed by atoms with E-state index in [0.29, 0.717) is 0 Å². The number of hydrogen-bond acceptors (Lipinski definition) is 2. The van der Waals surface area contributed by atoms with Crippen molar-refractivity contribution in [1.29, 1.82) is 0 Å². The molecule has 2 aromatic rings. The van der Waals surface area contributed by atoms with Crippen LogP contribution in [0.3, 0.4) is 0 Å². The fourth-order valence-electron chi connectivity index (χ4n) is 2.61. The minimum absolute atomic E-state index is 0.274. The molecule has 0 aromatic heterocycles. The average Bonchev–Trinajstić information content (AvgIpc) is 2.49. The first-order valence-electron chi connectivity index (χ1n) is 7.69. The van der Waals surface area contributed by atoms with Crippen molar-refractivity contribution in [1.82, 2.24) is 5.32 Å². The Balaban J connectivity index is 2.35. The summed E-state index contributed by atoms with van der Waals surface area (Å²) in [6, 6.07) is 16.0. The SMILES string of the molecule is CCNC(c1ccc(SCC)cc1)c1cc(C)ccc1C. The van der Waals surface area contributed by atoms with Crippen molar-refractivity contribution in [3.05, 3.63) is 64.7 Å². The second-order valence-corrected chi connectivity index (χ2v) is 6.69. The molecule has 0 bridgehead atoms. The van der Waals surface area contributed by atoms with Gasteiger partial charge in [0, 0.05) is 4.90 Å². The summed E-state index contributed by atoms with van der Waals surface area (Å²) >= 11 is 1.89. The highest BCUT2D eigenvalue weighted by molar-refractivity contribution is 7.99. The molecule has 0 aliphatic heterocycles. The van der Waals surface area contributed by atoms with Gasteiger partial charge in [0.15, 0.2) is 0 Å². The summed E-state index contributed by atoms with van der Waals surface area (Å²) in [5.74, 6) is 1.12. The van der Waals surface area contributed by atoms with E-state index in [4.69, 9.17) is 0 Å². The Kier molecular flexibility index (Phi) is 5.89. The minimum atomic E-state index is 0.274. The van der Waals surface area contributed by atoms with Gasteiger partial charge in [-0.2, -0.15) is 0 Å². The number of hydrogen-bond donors (Lipinski definition) is 1. The summed E-state index contributed by atoms with van der Waals surface area (Å²) in [4.78, 5) is 1.34. The van der Waals surface area contributed by atoms with Gasteiger partial charge in [-0.15, -0.1) is 11.8 Å². The molecule has 0 fully saturated rings. The second-order valence-electron chi connectivity index (χ2n) is 5.35. The molecule has 0 saturated heterocycles. The minimum Gasteiger partial charge on any atom is -0.307 e. The summed E-state index contributed by atoms with van der Waals surface area (Å²) in [5.41, 5.74) is 5.38. The largest absolute Gasteiger partial charge is 0.307 e. The highest BCUT2D eigenvalue weighted by Gasteiger charge is 2.15. The van der Waals surface area contributed by atoms with Gasteiger partial charge in [-0.05, 0) is 55.0 Å². The molecule has 0 amide bonds. The van der Waals surface area contributed by atoms with Crippen molar-refractivity contribution < 1.29 is 0 Å². The zero-order valence-corrected chi connectivity index (χ0v) is 14.3. The van der Waals surface area contributed by atoms with Crippen LogP contribution in [0.4, 0.5) is 0 Å². The quantitative estimate of drug-likeness (QED) is 0.743. The van der Waals surface area contributed by atoms with Crippen LogP contribution < -0.4 is 5.32 Å². The molecule has 0 aliphatic rings. The van der Waals surface area contributed by atoms with E-state index in [-0.39, 0.29) is 6.04 Å². The van der Waals surface area contributed by atoms with Crippen LogP contribution in [0.2, 0.25) is 0 Å². The Morgan fingerprint density at radius 2 is 1.71 bits per heavy atom. The standard InChI is InChI=1S/C19H25NS/c1-5-20-19(18-13-14(3)7-8-15(18)4)16-9-11-17(12-10-16)21-6-2/h7-13,19-20H,5-6H2,1-4H3. The molecule has 21 heavy (non-hydrogen) atoms. The monoisotopic (exact) mass is 299 g/mol. The van der Waals surface area contributed by atoms with Crippen LogP contribution in [0.5, 0.6) is 0 Å². The third kappa shape index (κ3) is 4.12. The maximum atomic E-state index is 3.63. The maximum absolute atomic E-state index is 3.63. The van der Waals surface area contributed by atoms with E-state index in [1.165, 1.54) is 27.1 Å². The molecule has 1 nitrogen and oxygen atoms in total. The van der Waals surface area contributed by atoms with Gasteiger partial charge in [0.2, 0.25) is 0 Å². The Bertz CT molecular complexity index is 575. The first-order chi connectivity index (χ1) is 10.2. The number of thioether (sulfide) groups is 1. The highest BCUT2D eigenvalue weighted by Crippen LogP contribution is 2.27. The summed E-state index contributed by atoms with van der Waals surface area (Å²) in [5, 5.41) is 3.63. The molecule has 1 unspecified atom stereocenters. The molecule has 1 atom stereocenters. The van der Waals surface area contributed by atoms with Crippen LogP contribution in [-0.2, 0) is 0 Å². The molecular formula is C19H25NS. The van der Waals surface area contributed by atoms with Crippen molar-refractivity contribution in [2.45, 2.75) is 38.6 Å². The topological polar surface area (TPSA) is 12.0 Å². The van der Waals surface area contributed by atoms with Crippen LogP contribution in [0, 0.1) is 13.8 Å². The normalized spacial score (nSPS) is 12.4. The van der Waals surface area contributed by atoms with E-state index < -0.39 is 0 Å². The van der Waals surface area contributed by atoms with E-state index in [9.17, 15) is 0 Å². The van der Waals surface area contributed by atoms with Gasteiger partial charge in [0.05, 0.1) is 6.04 Å². The molecular weight excluding hydrogens is 274 g/mol. The first-order valence-corrected chi connectivity index (χ1v) is 8.67. The number of nitrogens with one attached hydrogen (secondary N) is 1. The molecule has 2 heteroatoms. The molecule has 0 saturated carbocycles. The zero-order chi connectivity index (χ0) is 15.2. The second kappa shape index (κ2) is 7.67. The van der Waals surface area contributed by atoms with E-state index >= 15 is 0 Å². The zero-order valence-electron chi connectivity index (χ0n) is 13.4. The molecule has 0 spiro atoms. The van der Waals surface area contributed by atoms with E-state index in [0.717, 1.165) is 12.3 Å². The van der Waals surface area contributed by atoms with Crippen LogP contribution in [0.25, 0.3) is 0 Å². The van der Waals surface area contributed by atoms with Gasteiger partial charge >= 0.3 is 0 Å². The Labute approximate surface area is 133 Å². The third-order valence-electron chi connectivity index (χ3n) is 3.68. The van der Waals surface area contributed by atoms with Gasteiger partial charge in [-0.3, -0.25) is 0 Å². The fourth-order valence-corrected chi connectivity index (χ4v) is 3.27. The van der Waals surface area contributed by atoms with Crippen LogP contribution in [0.15, 0.2) is 47.4 Å². The van der Waals surface area contributed by atoms with Crippen molar-refractivity contribution >= 4 is 11.8 Å². The lowest BCUT2D eigenvalue weighted by Crippen LogP contribution is -2.22.